The number of halogens is 1. The van der Waals surface area contributed by atoms with Crippen LogP contribution in [0.2, 0.25) is 5.15 Å². The molecule has 16 heavy (non-hydrogen) atoms. The summed E-state index contributed by atoms with van der Waals surface area (Å²) < 4.78 is 5.62. The highest BCUT2D eigenvalue weighted by Crippen LogP contribution is 2.22. The highest BCUT2D eigenvalue weighted by molar-refractivity contribution is 6.30. The van der Waals surface area contributed by atoms with Gasteiger partial charge in [-0.25, -0.2) is 9.97 Å². The molecule has 0 bridgehead atoms. The summed E-state index contributed by atoms with van der Waals surface area (Å²) >= 11 is 5.96. The molecule has 0 fully saturated rings. The van der Waals surface area contributed by atoms with E-state index in [9.17, 15) is 0 Å². The molecular formula is C12H19ClN2O. The Morgan fingerprint density at radius 3 is 2.69 bits per heavy atom. The Labute approximate surface area is 102 Å². The van der Waals surface area contributed by atoms with Gasteiger partial charge in [0.25, 0.3) is 0 Å². The fraction of sp³-hybridized carbons (Fsp3) is 0.667. The van der Waals surface area contributed by atoms with Gasteiger partial charge in [0.05, 0.1) is 12.2 Å². The smallest absolute Gasteiger partial charge is 0.221 e. The van der Waals surface area contributed by atoms with E-state index in [1.807, 2.05) is 6.92 Å². The van der Waals surface area contributed by atoms with E-state index in [2.05, 4.69) is 16.9 Å². The zero-order valence-electron chi connectivity index (χ0n) is 10.0. The molecule has 0 radical (unpaired) electrons. The molecule has 1 aromatic rings. The molecule has 1 rings (SSSR count). The largest absolute Gasteiger partial charge is 0.477 e. The van der Waals surface area contributed by atoms with Crippen LogP contribution in [0, 0.1) is 0 Å². The summed E-state index contributed by atoms with van der Waals surface area (Å²) in [6.45, 7) is 4.93. The molecule has 0 unspecified atom stereocenters. The van der Waals surface area contributed by atoms with Crippen molar-refractivity contribution >= 4 is 11.6 Å². The zero-order chi connectivity index (χ0) is 11.8. The van der Waals surface area contributed by atoms with E-state index in [0.29, 0.717) is 17.6 Å². The molecule has 0 spiro atoms. The van der Waals surface area contributed by atoms with Gasteiger partial charge in [0, 0.05) is 0 Å². The van der Waals surface area contributed by atoms with Gasteiger partial charge in [0.2, 0.25) is 5.88 Å². The van der Waals surface area contributed by atoms with Crippen LogP contribution in [0.15, 0.2) is 6.33 Å². The average molecular weight is 243 g/mol. The van der Waals surface area contributed by atoms with Crippen molar-refractivity contribution < 1.29 is 4.74 Å². The zero-order valence-corrected chi connectivity index (χ0v) is 10.8. The molecule has 3 nitrogen and oxygen atoms in total. The number of hydrogen-bond donors (Lipinski definition) is 0. The quantitative estimate of drug-likeness (QED) is 0.541. The number of aromatic nitrogens is 2. The average Bonchev–Trinajstić information content (AvgIpc) is 2.29. The number of hydrogen-bond acceptors (Lipinski definition) is 3. The summed E-state index contributed by atoms with van der Waals surface area (Å²) in [6.07, 6.45) is 7.01. The third-order valence-electron chi connectivity index (χ3n) is 2.44. The van der Waals surface area contributed by atoms with Gasteiger partial charge in [-0.05, 0) is 12.8 Å². The SMILES string of the molecule is CCCCCCOc1ncnc(Cl)c1CC. The van der Waals surface area contributed by atoms with Gasteiger partial charge >= 0.3 is 0 Å². The highest BCUT2D eigenvalue weighted by atomic mass is 35.5. The minimum atomic E-state index is 0.501. The Balaban J connectivity index is 2.44. The second kappa shape index (κ2) is 7.44. The van der Waals surface area contributed by atoms with Gasteiger partial charge in [-0.3, -0.25) is 0 Å². The maximum absolute atomic E-state index is 5.96. The van der Waals surface area contributed by atoms with Crippen molar-refractivity contribution in [2.75, 3.05) is 6.61 Å². The third kappa shape index (κ3) is 3.97. The van der Waals surface area contributed by atoms with Crippen LogP contribution in [0.3, 0.4) is 0 Å². The number of ether oxygens (including phenoxy) is 1. The fourth-order valence-corrected chi connectivity index (χ4v) is 1.75. The topological polar surface area (TPSA) is 35.0 Å². The normalized spacial score (nSPS) is 10.4. The maximum atomic E-state index is 5.96. The van der Waals surface area contributed by atoms with Crippen LogP contribution in [-0.4, -0.2) is 16.6 Å². The van der Waals surface area contributed by atoms with Gasteiger partial charge in [-0.15, -0.1) is 0 Å². The minimum absolute atomic E-state index is 0.501. The number of rotatable bonds is 7. The predicted octanol–water partition coefficient (Wildman–Crippen LogP) is 3.65. The molecule has 0 aliphatic carbocycles. The first-order valence-electron chi connectivity index (χ1n) is 5.91. The molecule has 0 amide bonds. The second-order valence-corrected chi connectivity index (χ2v) is 4.07. The third-order valence-corrected chi connectivity index (χ3v) is 2.77. The van der Waals surface area contributed by atoms with Gasteiger partial charge < -0.3 is 4.74 Å². The van der Waals surface area contributed by atoms with Crippen molar-refractivity contribution in [3.63, 3.8) is 0 Å². The molecule has 0 saturated carbocycles. The standard InChI is InChI=1S/C12H19ClN2O/c1-3-5-6-7-8-16-12-10(4-2)11(13)14-9-15-12/h9H,3-8H2,1-2H3. The molecule has 90 valence electrons. The Morgan fingerprint density at radius 2 is 2.00 bits per heavy atom. The lowest BCUT2D eigenvalue weighted by molar-refractivity contribution is 0.290. The monoisotopic (exact) mass is 242 g/mol. The van der Waals surface area contributed by atoms with E-state index in [0.717, 1.165) is 18.4 Å². The molecule has 0 aliphatic rings. The Bertz CT molecular complexity index is 318. The van der Waals surface area contributed by atoms with Crippen molar-refractivity contribution in [2.45, 2.75) is 46.0 Å². The summed E-state index contributed by atoms with van der Waals surface area (Å²) in [5.74, 6) is 0.638. The van der Waals surface area contributed by atoms with Crippen molar-refractivity contribution in [3.8, 4) is 5.88 Å². The molecule has 0 saturated heterocycles. The van der Waals surface area contributed by atoms with Crippen LogP contribution < -0.4 is 4.74 Å². The van der Waals surface area contributed by atoms with E-state index in [1.54, 1.807) is 0 Å². The van der Waals surface area contributed by atoms with E-state index < -0.39 is 0 Å². The summed E-state index contributed by atoms with van der Waals surface area (Å²) in [6, 6.07) is 0. The van der Waals surface area contributed by atoms with E-state index in [4.69, 9.17) is 16.3 Å². The van der Waals surface area contributed by atoms with Crippen LogP contribution in [-0.2, 0) is 6.42 Å². The van der Waals surface area contributed by atoms with E-state index in [1.165, 1.54) is 25.6 Å². The van der Waals surface area contributed by atoms with E-state index >= 15 is 0 Å². The molecule has 0 atom stereocenters. The van der Waals surface area contributed by atoms with Crippen LogP contribution in [0.4, 0.5) is 0 Å². The minimum Gasteiger partial charge on any atom is -0.477 e. The maximum Gasteiger partial charge on any atom is 0.221 e. The molecule has 1 heterocycles. The predicted molar refractivity (Wildman–Crippen MR) is 66.1 cm³/mol. The van der Waals surface area contributed by atoms with Gasteiger partial charge in [0.1, 0.15) is 11.5 Å². The molecular weight excluding hydrogens is 224 g/mol. The molecule has 0 N–H and O–H groups in total. The van der Waals surface area contributed by atoms with Gasteiger partial charge in [-0.2, -0.15) is 0 Å². The van der Waals surface area contributed by atoms with Crippen molar-refractivity contribution in [1.82, 2.24) is 9.97 Å². The number of unbranched alkanes of at least 4 members (excludes halogenated alkanes) is 3. The first kappa shape index (κ1) is 13.2. The van der Waals surface area contributed by atoms with Crippen LogP contribution in [0.1, 0.15) is 45.1 Å². The lowest BCUT2D eigenvalue weighted by atomic mass is 10.2. The first-order valence-corrected chi connectivity index (χ1v) is 6.29. The van der Waals surface area contributed by atoms with Crippen LogP contribution in [0.25, 0.3) is 0 Å². The van der Waals surface area contributed by atoms with Crippen molar-refractivity contribution in [3.05, 3.63) is 17.0 Å². The van der Waals surface area contributed by atoms with Crippen LogP contribution in [0.5, 0.6) is 5.88 Å². The number of nitrogens with zero attached hydrogens (tertiary/aromatic N) is 2. The summed E-state index contributed by atoms with van der Waals surface area (Å²) in [5, 5.41) is 0.501. The molecule has 0 aromatic carbocycles. The van der Waals surface area contributed by atoms with Crippen molar-refractivity contribution in [1.29, 1.82) is 0 Å². The summed E-state index contributed by atoms with van der Waals surface area (Å²) in [7, 11) is 0. The molecule has 1 aromatic heterocycles. The summed E-state index contributed by atoms with van der Waals surface area (Å²) in [4.78, 5) is 8.05. The Morgan fingerprint density at radius 1 is 1.19 bits per heavy atom. The Kier molecular flexibility index (Phi) is 6.16. The summed E-state index contributed by atoms with van der Waals surface area (Å²) in [5.41, 5.74) is 0.902. The van der Waals surface area contributed by atoms with Crippen molar-refractivity contribution in [2.24, 2.45) is 0 Å². The Hall–Kier alpha value is -0.830. The van der Waals surface area contributed by atoms with Crippen LogP contribution >= 0.6 is 11.6 Å². The fourth-order valence-electron chi connectivity index (χ4n) is 1.50. The van der Waals surface area contributed by atoms with E-state index in [-0.39, 0.29) is 0 Å². The van der Waals surface area contributed by atoms with Gasteiger partial charge in [0.15, 0.2) is 0 Å². The lowest BCUT2D eigenvalue weighted by Gasteiger charge is -2.09. The second-order valence-electron chi connectivity index (χ2n) is 3.71. The molecule has 0 aliphatic heterocycles. The lowest BCUT2D eigenvalue weighted by Crippen LogP contribution is -2.03. The van der Waals surface area contributed by atoms with Gasteiger partial charge in [-0.1, -0.05) is 44.7 Å². The molecule has 4 heteroatoms. The highest BCUT2D eigenvalue weighted by Gasteiger charge is 2.08. The first-order chi connectivity index (χ1) is 7.79.